The standard InChI is InChI=1S/C18H26Br2O/c1-14(2)16-11-15(20)7-8-17(16)21-13-18(12-19)9-5-3-4-6-10-18/h7-8,11,14H,3-6,9-10,12-13H2,1-2H3. The van der Waals surface area contributed by atoms with Gasteiger partial charge in [-0.25, -0.2) is 0 Å². The van der Waals surface area contributed by atoms with E-state index in [2.05, 4.69) is 63.9 Å². The maximum absolute atomic E-state index is 6.29. The molecule has 0 amide bonds. The summed E-state index contributed by atoms with van der Waals surface area (Å²) in [7, 11) is 0. The molecule has 0 radical (unpaired) electrons. The van der Waals surface area contributed by atoms with E-state index in [1.807, 2.05) is 0 Å². The van der Waals surface area contributed by atoms with Gasteiger partial charge >= 0.3 is 0 Å². The van der Waals surface area contributed by atoms with Crippen LogP contribution < -0.4 is 4.74 Å². The molecular weight excluding hydrogens is 392 g/mol. The minimum absolute atomic E-state index is 0.317. The van der Waals surface area contributed by atoms with Crippen LogP contribution >= 0.6 is 31.9 Å². The smallest absolute Gasteiger partial charge is 0.122 e. The molecule has 0 aromatic heterocycles. The molecule has 0 bridgehead atoms. The monoisotopic (exact) mass is 416 g/mol. The molecule has 0 spiro atoms. The minimum atomic E-state index is 0.317. The Labute approximate surface area is 146 Å². The van der Waals surface area contributed by atoms with Gasteiger partial charge in [0.2, 0.25) is 0 Å². The SMILES string of the molecule is CC(C)c1cc(Br)ccc1OCC1(CBr)CCCCCC1. The number of alkyl halides is 1. The molecule has 0 atom stereocenters. The lowest BCUT2D eigenvalue weighted by Gasteiger charge is -2.31. The quantitative estimate of drug-likeness (QED) is 0.383. The molecule has 1 aromatic rings. The number of rotatable bonds is 5. The van der Waals surface area contributed by atoms with Gasteiger partial charge < -0.3 is 4.74 Å². The average Bonchev–Trinajstić information content (AvgIpc) is 2.72. The van der Waals surface area contributed by atoms with Crippen molar-refractivity contribution in [1.29, 1.82) is 0 Å². The van der Waals surface area contributed by atoms with Gasteiger partial charge in [-0.15, -0.1) is 0 Å². The molecule has 3 heteroatoms. The fourth-order valence-corrected chi connectivity index (χ4v) is 4.23. The van der Waals surface area contributed by atoms with E-state index in [-0.39, 0.29) is 0 Å². The van der Waals surface area contributed by atoms with Gasteiger partial charge in [-0.2, -0.15) is 0 Å². The lowest BCUT2D eigenvalue weighted by atomic mass is 9.83. The van der Waals surface area contributed by atoms with Crippen LogP contribution in [-0.2, 0) is 0 Å². The Hall–Kier alpha value is -0.0200. The van der Waals surface area contributed by atoms with Crippen LogP contribution in [0, 0.1) is 5.41 Å². The van der Waals surface area contributed by atoms with Crippen LogP contribution in [-0.4, -0.2) is 11.9 Å². The van der Waals surface area contributed by atoms with Crippen LogP contribution in [0.2, 0.25) is 0 Å². The number of halogens is 2. The lowest BCUT2D eigenvalue weighted by molar-refractivity contribution is 0.148. The van der Waals surface area contributed by atoms with Crippen LogP contribution in [0.3, 0.4) is 0 Å². The summed E-state index contributed by atoms with van der Waals surface area (Å²) in [6, 6.07) is 6.38. The molecule has 0 unspecified atom stereocenters. The summed E-state index contributed by atoms with van der Waals surface area (Å²) in [6.07, 6.45) is 8.00. The van der Waals surface area contributed by atoms with E-state index in [0.29, 0.717) is 11.3 Å². The molecule has 1 aliphatic rings. The predicted octanol–water partition coefficient (Wildman–Crippen LogP) is 6.69. The number of ether oxygens (including phenoxy) is 1. The molecule has 1 aliphatic carbocycles. The average molecular weight is 418 g/mol. The molecular formula is C18H26Br2O. The van der Waals surface area contributed by atoms with Gasteiger partial charge in [-0.05, 0) is 42.5 Å². The largest absolute Gasteiger partial charge is 0.493 e. The second-order valence-corrected chi connectivity index (χ2v) is 8.15. The Balaban J connectivity index is 2.10. The topological polar surface area (TPSA) is 9.23 Å². The molecule has 1 aromatic carbocycles. The summed E-state index contributed by atoms with van der Waals surface area (Å²) in [4.78, 5) is 0. The summed E-state index contributed by atoms with van der Waals surface area (Å²) in [5.41, 5.74) is 1.61. The molecule has 2 rings (SSSR count). The fraction of sp³-hybridized carbons (Fsp3) is 0.667. The van der Waals surface area contributed by atoms with Gasteiger partial charge in [0, 0.05) is 15.2 Å². The van der Waals surface area contributed by atoms with Gasteiger partial charge in [-0.3, -0.25) is 0 Å². The Kier molecular flexibility index (Phi) is 6.61. The van der Waals surface area contributed by atoms with Crippen molar-refractivity contribution in [3.05, 3.63) is 28.2 Å². The van der Waals surface area contributed by atoms with Crippen molar-refractivity contribution in [1.82, 2.24) is 0 Å². The highest BCUT2D eigenvalue weighted by Gasteiger charge is 2.31. The maximum atomic E-state index is 6.29. The number of hydrogen-bond acceptors (Lipinski definition) is 1. The van der Waals surface area contributed by atoms with E-state index in [0.717, 1.165) is 22.2 Å². The van der Waals surface area contributed by atoms with E-state index < -0.39 is 0 Å². The zero-order chi connectivity index (χ0) is 15.3. The lowest BCUT2D eigenvalue weighted by Crippen LogP contribution is -2.30. The number of benzene rings is 1. The van der Waals surface area contributed by atoms with Crippen molar-refractivity contribution in [2.24, 2.45) is 5.41 Å². The van der Waals surface area contributed by atoms with E-state index >= 15 is 0 Å². The zero-order valence-corrected chi connectivity index (χ0v) is 16.3. The van der Waals surface area contributed by atoms with Gasteiger partial charge in [-0.1, -0.05) is 71.4 Å². The molecule has 1 nitrogen and oxygen atoms in total. The molecule has 118 valence electrons. The zero-order valence-electron chi connectivity index (χ0n) is 13.1. The molecule has 1 fully saturated rings. The van der Waals surface area contributed by atoms with E-state index in [9.17, 15) is 0 Å². The highest BCUT2D eigenvalue weighted by atomic mass is 79.9. The van der Waals surface area contributed by atoms with Crippen molar-refractivity contribution in [2.75, 3.05) is 11.9 Å². The third-order valence-electron chi connectivity index (χ3n) is 4.58. The van der Waals surface area contributed by atoms with Crippen molar-refractivity contribution in [3.63, 3.8) is 0 Å². The minimum Gasteiger partial charge on any atom is -0.493 e. The summed E-state index contributed by atoms with van der Waals surface area (Å²) in [5.74, 6) is 1.53. The Morgan fingerprint density at radius 2 is 1.81 bits per heavy atom. The highest BCUT2D eigenvalue weighted by Crippen LogP contribution is 2.38. The Morgan fingerprint density at radius 1 is 1.14 bits per heavy atom. The van der Waals surface area contributed by atoms with Crippen LogP contribution in [0.25, 0.3) is 0 Å². The molecule has 0 aliphatic heterocycles. The first-order valence-electron chi connectivity index (χ1n) is 8.04. The maximum Gasteiger partial charge on any atom is 0.122 e. The van der Waals surface area contributed by atoms with Crippen LogP contribution in [0.1, 0.15) is 63.9 Å². The van der Waals surface area contributed by atoms with Crippen molar-refractivity contribution >= 4 is 31.9 Å². The highest BCUT2D eigenvalue weighted by molar-refractivity contribution is 9.10. The van der Waals surface area contributed by atoms with Gasteiger partial charge in [0.15, 0.2) is 0 Å². The molecule has 21 heavy (non-hydrogen) atoms. The fourth-order valence-electron chi connectivity index (χ4n) is 3.13. The summed E-state index contributed by atoms with van der Waals surface area (Å²) in [6.45, 7) is 5.28. The third-order valence-corrected chi connectivity index (χ3v) is 6.26. The van der Waals surface area contributed by atoms with E-state index in [4.69, 9.17) is 4.74 Å². The molecule has 0 heterocycles. The summed E-state index contributed by atoms with van der Waals surface area (Å²) in [5, 5.41) is 1.05. The summed E-state index contributed by atoms with van der Waals surface area (Å²) >= 11 is 7.31. The normalized spacial score (nSPS) is 18.5. The predicted molar refractivity (Wildman–Crippen MR) is 97.7 cm³/mol. The number of hydrogen-bond donors (Lipinski definition) is 0. The first-order chi connectivity index (χ1) is 10.1. The van der Waals surface area contributed by atoms with Crippen LogP contribution in [0.4, 0.5) is 0 Å². The Bertz CT molecular complexity index is 449. The third kappa shape index (κ3) is 4.72. The van der Waals surface area contributed by atoms with E-state index in [1.54, 1.807) is 0 Å². The van der Waals surface area contributed by atoms with E-state index in [1.165, 1.54) is 44.1 Å². The Morgan fingerprint density at radius 3 is 2.38 bits per heavy atom. The first kappa shape index (κ1) is 17.3. The summed E-state index contributed by atoms with van der Waals surface area (Å²) < 4.78 is 7.42. The van der Waals surface area contributed by atoms with Crippen molar-refractivity contribution in [2.45, 2.75) is 58.3 Å². The second kappa shape index (κ2) is 8.01. The first-order valence-corrected chi connectivity index (χ1v) is 9.96. The van der Waals surface area contributed by atoms with Gasteiger partial charge in [0.25, 0.3) is 0 Å². The van der Waals surface area contributed by atoms with Gasteiger partial charge in [0.1, 0.15) is 5.75 Å². The molecule has 1 saturated carbocycles. The van der Waals surface area contributed by atoms with Crippen molar-refractivity contribution in [3.8, 4) is 5.75 Å². The molecule has 0 N–H and O–H groups in total. The van der Waals surface area contributed by atoms with Gasteiger partial charge in [0.05, 0.1) is 6.61 Å². The second-order valence-electron chi connectivity index (χ2n) is 6.67. The van der Waals surface area contributed by atoms with Crippen LogP contribution in [0.5, 0.6) is 5.75 Å². The van der Waals surface area contributed by atoms with Crippen LogP contribution in [0.15, 0.2) is 22.7 Å². The molecule has 0 saturated heterocycles. The van der Waals surface area contributed by atoms with Crippen molar-refractivity contribution < 1.29 is 4.74 Å².